The van der Waals surface area contributed by atoms with Crippen LogP contribution in [0.1, 0.15) is 37.0 Å². The van der Waals surface area contributed by atoms with Crippen LogP contribution in [0.2, 0.25) is 0 Å². The van der Waals surface area contributed by atoms with Gasteiger partial charge in [-0.25, -0.2) is 9.97 Å². The Labute approximate surface area is 117 Å². The number of nitrogens with zero attached hydrogens (tertiary/aromatic N) is 4. The molecule has 20 heavy (non-hydrogen) atoms. The Kier molecular flexibility index (Phi) is 3.03. The number of ether oxygens (including phenoxy) is 1. The maximum atomic E-state index is 5.86. The van der Waals surface area contributed by atoms with Crippen molar-refractivity contribution in [2.75, 3.05) is 6.61 Å². The van der Waals surface area contributed by atoms with Crippen LogP contribution >= 0.6 is 0 Å². The number of imidazole rings is 1. The third kappa shape index (κ3) is 2.47. The van der Waals surface area contributed by atoms with E-state index in [0.29, 0.717) is 5.92 Å². The second kappa shape index (κ2) is 5.01. The van der Waals surface area contributed by atoms with Gasteiger partial charge in [-0.3, -0.25) is 5.10 Å². The summed E-state index contributed by atoms with van der Waals surface area (Å²) in [6.07, 6.45) is 10.4. The second-order valence-corrected chi connectivity index (χ2v) is 5.89. The highest BCUT2D eigenvalue weighted by molar-refractivity contribution is 5.00. The molecule has 0 aromatic carbocycles. The van der Waals surface area contributed by atoms with Crippen LogP contribution in [0, 0.1) is 11.8 Å². The Balaban J connectivity index is 1.46. The zero-order chi connectivity index (χ0) is 13.4. The van der Waals surface area contributed by atoms with Gasteiger partial charge in [-0.2, -0.15) is 5.10 Å². The van der Waals surface area contributed by atoms with Crippen molar-refractivity contribution < 1.29 is 4.74 Å². The number of aromatic amines is 1. The van der Waals surface area contributed by atoms with Crippen LogP contribution < -0.4 is 0 Å². The van der Waals surface area contributed by atoms with E-state index in [2.05, 4.69) is 24.7 Å². The Bertz CT molecular complexity index is 560. The van der Waals surface area contributed by atoms with Crippen molar-refractivity contribution in [3.63, 3.8) is 0 Å². The highest BCUT2D eigenvalue weighted by Crippen LogP contribution is 2.35. The fourth-order valence-electron chi connectivity index (χ4n) is 2.90. The zero-order valence-corrected chi connectivity index (χ0v) is 11.4. The highest BCUT2D eigenvalue weighted by atomic mass is 16.5. The molecule has 2 aromatic heterocycles. The molecule has 2 atom stereocenters. The van der Waals surface area contributed by atoms with Crippen molar-refractivity contribution in [2.45, 2.75) is 38.3 Å². The van der Waals surface area contributed by atoms with Crippen molar-refractivity contribution in [1.29, 1.82) is 0 Å². The molecule has 0 spiro atoms. The van der Waals surface area contributed by atoms with Crippen LogP contribution in [-0.2, 0) is 17.7 Å². The molecule has 4 rings (SSSR count). The maximum Gasteiger partial charge on any atom is 0.179 e. The third-order valence-electron chi connectivity index (χ3n) is 4.20. The molecule has 1 aliphatic heterocycles. The monoisotopic (exact) mass is 273 g/mol. The molecule has 6 nitrogen and oxygen atoms in total. The van der Waals surface area contributed by atoms with Gasteiger partial charge in [-0.15, -0.1) is 0 Å². The zero-order valence-electron chi connectivity index (χ0n) is 11.4. The first-order valence-electron chi connectivity index (χ1n) is 7.37. The maximum absolute atomic E-state index is 5.86. The van der Waals surface area contributed by atoms with Gasteiger partial charge in [0.05, 0.1) is 6.33 Å². The van der Waals surface area contributed by atoms with E-state index in [9.17, 15) is 0 Å². The number of hydrogen-bond acceptors (Lipinski definition) is 4. The lowest BCUT2D eigenvalue weighted by atomic mass is 10.0. The summed E-state index contributed by atoms with van der Waals surface area (Å²) in [5.74, 6) is 3.08. The molecular formula is C14H19N5O. The molecule has 1 saturated heterocycles. The summed E-state index contributed by atoms with van der Waals surface area (Å²) in [5.41, 5.74) is 0. The first-order valence-corrected chi connectivity index (χ1v) is 7.37. The SMILES string of the molecule is c1cn(C[C@H]2CCO[C@H]2c2n[nH]c(CC3CC3)n2)cn1. The summed E-state index contributed by atoms with van der Waals surface area (Å²) in [5, 5.41) is 7.45. The number of rotatable bonds is 5. The van der Waals surface area contributed by atoms with Crippen molar-refractivity contribution in [3.05, 3.63) is 30.4 Å². The molecule has 6 heteroatoms. The van der Waals surface area contributed by atoms with E-state index in [1.807, 2.05) is 18.7 Å². The fourth-order valence-corrected chi connectivity index (χ4v) is 2.90. The topological polar surface area (TPSA) is 68.6 Å². The second-order valence-electron chi connectivity index (χ2n) is 5.89. The van der Waals surface area contributed by atoms with Crippen LogP contribution in [0.25, 0.3) is 0 Å². The first-order chi connectivity index (χ1) is 9.88. The van der Waals surface area contributed by atoms with Gasteiger partial charge in [0.15, 0.2) is 5.82 Å². The average Bonchev–Trinajstić information content (AvgIpc) is 2.90. The summed E-state index contributed by atoms with van der Waals surface area (Å²) < 4.78 is 7.96. The van der Waals surface area contributed by atoms with Gasteiger partial charge in [0.2, 0.25) is 0 Å². The predicted molar refractivity (Wildman–Crippen MR) is 71.8 cm³/mol. The Morgan fingerprint density at radius 3 is 3.10 bits per heavy atom. The molecule has 0 radical (unpaired) electrons. The standard InChI is InChI=1S/C14H19N5O/c1-2-10(1)7-12-16-14(18-17-12)13-11(3-6-20-13)8-19-5-4-15-9-19/h4-5,9-11,13H,1-3,6-8H2,(H,16,17,18)/t11-,13-/m1/s1. The van der Waals surface area contributed by atoms with Crippen LogP contribution in [-0.4, -0.2) is 31.3 Å². The van der Waals surface area contributed by atoms with E-state index in [-0.39, 0.29) is 6.10 Å². The lowest BCUT2D eigenvalue weighted by Crippen LogP contribution is -2.15. The van der Waals surface area contributed by atoms with Crippen molar-refractivity contribution in [3.8, 4) is 0 Å². The molecular weight excluding hydrogens is 254 g/mol. The molecule has 0 unspecified atom stereocenters. The fraction of sp³-hybridized carbons (Fsp3) is 0.643. The van der Waals surface area contributed by atoms with Gasteiger partial charge < -0.3 is 9.30 Å². The van der Waals surface area contributed by atoms with Crippen LogP contribution in [0.15, 0.2) is 18.7 Å². The van der Waals surface area contributed by atoms with E-state index in [0.717, 1.165) is 43.6 Å². The predicted octanol–water partition coefficient (Wildman–Crippen LogP) is 1.73. The molecule has 1 aliphatic carbocycles. The molecule has 2 aliphatic rings. The molecule has 0 bridgehead atoms. The van der Waals surface area contributed by atoms with Gasteiger partial charge in [-0.05, 0) is 25.2 Å². The molecule has 0 amide bonds. The van der Waals surface area contributed by atoms with Gasteiger partial charge in [0.1, 0.15) is 11.9 Å². The molecule has 2 fully saturated rings. The third-order valence-corrected chi connectivity index (χ3v) is 4.20. The lowest BCUT2D eigenvalue weighted by molar-refractivity contribution is 0.0796. The highest BCUT2D eigenvalue weighted by Gasteiger charge is 2.33. The minimum absolute atomic E-state index is 0.0154. The minimum Gasteiger partial charge on any atom is -0.370 e. The van der Waals surface area contributed by atoms with Gasteiger partial charge in [-0.1, -0.05) is 0 Å². The molecule has 2 aromatic rings. The van der Waals surface area contributed by atoms with Crippen molar-refractivity contribution >= 4 is 0 Å². The van der Waals surface area contributed by atoms with E-state index >= 15 is 0 Å². The Hall–Kier alpha value is -1.69. The quantitative estimate of drug-likeness (QED) is 0.900. The lowest BCUT2D eigenvalue weighted by Gasteiger charge is -2.15. The summed E-state index contributed by atoms with van der Waals surface area (Å²) in [4.78, 5) is 8.73. The molecule has 1 saturated carbocycles. The number of hydrogen-bond donors (Lipinski definition) is 1. The van der Waals surface area contributed by atoms with Gasteiger partial charge >= 0.3 is 0 Å². The van der Waals surface area contributed by atoms with Crippen molar-refractivity contribution in [2.24, 2.45) is 11.8 Å². The Morgan fingerprint density at radius 2 is 2.30 bits per heavy atom. The van der Waals surface area contributed by atoms with Gasteiger partial charge in [0.25, 0.3) is 0 Å². The average molecular weight is 273 g/mol. The summed E-state index contributed by atoms with van der Waals surface area (Å²) in [6, 6.07) is 0. The molecule has 3 heterocycles. The van der Waals surface area contributed by atoms with Crippen LogP contribution in [0.4, 0.5) is 0 Å². The van der Waals surface area contributed by atoms with E-state index in [1.54, 1.807) is 0 Å². The minimum atomic E-state index is 0.0154. The number of aromatic nitrogens is 5. The smallest absolute Gasteiger partial charge is 0.179 e. The summed E-state index contributed by atoms with van der Waals surface area (Å²) in [6.45, 7) is 1.70. The van der Waals surface area contributed by atoms with Crippen LogP contribution in [0.3, 0.4) is 0 Å². The Morgan fingerprint density at radius 1 is 1.35 bits per heavy atom. The van der Waals surface area contributed by atoms with Gasteiger partial charge in [0, 0.05) is 37.9 Å². The van der Waals surface area contributed by atoms with Crippen molar-refractivity contribution in [1.82, 2.24) is 24.7 Å². The van der Waals surface area contributed by atoms with E-state index in [1.165, 1.54) is 12.8 Å². The number of H-pyrrole nitrogens is 1. The molecule has 1 N–H and O–H groups in total. The summed E-state index contributed by atoms with van der Waals surface area (Å²) in [7, 11) is 0. The molecule has 106 valence electrons. The largest absolute Gasteiger partial charge is 0.370 e. The summed E-state index contributed by atoms with van der Waals surface area (Å²) >= 11 is 0. The van der Waals surface area contributed by atoms with E-state index < -0.39 is 0 Å². The van der Waals surface area contributed by atoms with E-state index in [4.69, 9.17) is 4.74 Å². The normalized spacial score (nSPS) is 26.2. The number of nitrogens with one attached hydrogen (secondary N) is 1. The first kappa shape index (κ1) is 12.1. The van der Waals surface area contributed by atoms with Crippen LogP contribution in [0.5, 0.6) is 0 Å².